The molecular formula is C19H20FN5OS. The Kier molecular flexibility index (Phi) is 5.55. The minimum atomic E-state index is -0.469. The molecule has 1 unspecified atom stereocenters. The SMILES string of the molecule is Cc1ccc(NC(=O)C(C)Sc2nnnn2-c2c(C)cccc2C)cc1F. The van der Waals surface area contributed by atoms with Crippen LogP contribution in [0.15, 0.2) is 41.6 Å². The van der Waals surface area contributed by atoms with Gasteiger partial charge in [-0.05, 0) is 66.9 Å². The number of hydrogen-bond acceptors (Lipinski definition) is 5. The van der Waals surface area contributed by atoms with Gasteiger partial charge in [-0.15, -0.1) is 5.10 Å². The number of aryl methyl sites for hydroxylation is 3. The summed E-state index contributed by atoms with van der Waals surface area (Å²) in [5.41, 5.74) is 3.93. The van der Waals surface area contributed by atoms with Crippen molar-refractivity contribution in [2.24, 2.45) is 0 Å². The maximum atomic E-state index is 13.7. The highest BCUT2D eigenvalue weighted by atomic mass is 32.2. The van der Waals surface area contributed by atoms with Gasteiger partial charge >= 0.3 is 0 Å². The second-order valence-corrected chi connectivity index (χ2v) is 7.63. The predicted octanol–water partition coefficient (Wildman–Crippen LogP) is 3.85. The third-order valence-corrected chi connectivity index (χ3v) is 5.22. The summed E-state index contributed by atoms with van der Waals surface area (Å²) in [6.07, 6.45) is 0. The van der Waals surface area contributed by atoms with Gasteiger partial charge in [0.05, 0.1) is 10.9 Å². The van der Waals surface area contributed by atoms with E-state index < -0.39 is 5.25 Å². The van der Waals surface area contributed by atoms with Gasteiger partial charge < -0.3 is 5.32 Å². The van der Waals surface area contributed by atoms with Gasteiger partial charge in [-0.1, -0.05) is 36.0 Å². The van der Waals surface area contributed by atoms with Crippen LogP contribution in [-0.2, 0) is 4.79 Å². The van der Waals surface area contributed by atoms with Crippen LogP contribution in [0.25, 0.3) is 5.69 Å². The molecule has 0 aliphatic rings. The van der Waals surface area contributed by atoms with E-state index in [9.17, 15) is 9.18 Å². The van der Waals surface area contributed by atoms with E-state index in [1.807, 2.05) is 32.0 Å². The average molecular weight is 385 g/mol. The number of aromatic nitrogens is 4. The number of carbonyl (C=O) groups is 1. The van der Waals surface area contributed by atoms with Gasteiger partial charge in [-0.2, -0.15) is 4.68 Å². The van der Waals surface area contributed by atoms with Crippen LogP contribution in [0.1, 0.15) is 23.6 Å². The fraction of sp³-hybridized carbons (Fsp3) is 0.263. The Morgan fingerprint density at radius 2 is 1.85 bits per heavy atom. The number of halogens is 1. The minimum absolute atomic E-state index is 0.251. The van der Waals surface area contributed by atoms with Crippen molar-refractivity contribution in [3.05, 3.63) is 58.9 Å². The molecule has 27 heavy (non-hydrogen) atoms. The van der Waals surface area contributed by atoms with Crippen LogP contribution in [-0.4, -0.2) is 31.4 Å². The molecule has 0 saturated heterocycles. The smallest absolute Gasteiger partial charge is 0.237 e. The molecule has 0 aliphatic heterocycles. The fourth-order valence-electron chi connectivity index (χ4n) is 2.66. The maximum absolute atomic E-state index is 13.7. The van der Waals surface area contributed by atoms with E-state index in [0.717, 1.165) is 16.8 Å². The second kappa shape index (κ2) is 7.87. The predicted molar refractivity (Wildman–Crippen MR) is 104 cm³/mol. The van der Waals surface area contributed by atoms with Crippen LogP contribution in [0, 0.1) is 26.6 Å². The molecule has 0 saturated carbocycles. The minimum Gasteiger partial charge on any atom is -0.325 e. The Labute approximate surface area is 161 Å². The maximum Gasteiger partial charge on any atom is 0.237 e. The molecule has 0 aliphatic carbocycles. The first kappa shape index (κ1) is 19.0. The number of thioether (sulfide) groups is 1. The zero-order chi connectivity index (χ0) is 19.6. The molecule has 1 N–H and O–H groups in total. The molecule has 3 aromatic rings. The van der Waals surface area contributed by atoms with Crippen LogP contribution in [0.5, 0.6) is 0 Å². The Morgan fingerprint density at radius 1 is 1.15 bits per heavy atom. The van der Waals surface area contributed by atoms with Crippen molar-refractivity contribution in [2.75, 3.05) is 5.32 Å². The van der Waals surface area contributed by atoms with E-state index >= 15 is 0 Å². The highest BCUT2D eigenvalue weighted by Crippen LogP contribution is 2.27. The van der Waals surface area contributed by atoms with Gasteiger partial charge in [0.1, 0.15) is 5.82 Å². The van der Waals surface area contributed by atoms with Crippen LogP contribution in [0.2, 0.25) is 0 Å². The second-order valence-electron chi connectivity index (χ2n) is 6.33. The third-order valence-electron chi connectivity index (χ3n) is 4.18. The molecule has 0 spiro atoms. The van der Waals surface area contributed by atoms with Crippen LogP contribution in [0.4, 0.5) is 10.1 Å². The summed E-state index contributed by atoms with van der Waals surface area (Å²) in [5.74, 6) is -0.605. The number of tetrazole rings is 1. The molecule has 1 heterocycles. The standard InChI is InChI=1S/C19H20FN5OS/c1-11-8-9-15(10-16(11)20)21-18(26)14(4)27-19-22-23-24-25(19)17-12(2)6-5-7-13(17)3/h5-10,14H,1-4H3,(H,21,26). The van der Waals surface area contributed by atoms with Gasteiger partial charge in [0, 0.05) is 5.69 Å². The summed E-state index contributed by atoms with van der Waals surface area (Å²) in [6, 6.07) is 10.6. The summed E-state index contributed by atoms with van der Waals surface area (Å²) in [4.78, 5) is 12.5. The van der Waals surface area contributed by atoms with Crippen molar-refractivity contribution in [1.29, 1.82) is 0 Å². The monoisotopic (exact) mass is 385 g/mol. The molecule has 0 bridgehead atoms. The summed E-state index contributed by atoms with van der Waals surface area (Å²) in [5, 5.41) is 14.7. The highest BCUT2D eigenvalue weighted by Gasteiger charge is 2.21. The van der Waals surface area contributed by atoms with Crippen molar-refractivity contribution in [2.45, 2.75) is 38.1 Å². The lowest BCUT2D eigenvalue weighted by Crippen LogP contribution is -2.23. The molecule has 1 aromatic heterocycles. The van der Waals surface area contributed by atoms with E-state index in [-0.39, 0.29) is 11.7 Å². The van der Waals surface area contributed by atoms with Gasteiger partial charge in [0.25, 0.3) is 0 Å². The highest BCUT2D eigenvalue weighted by molar-refractivity contribution is 8.00. The quantitative estimate of drug-likeness (QED) is 0.676. The molecule has 0 radical (unpaired) electrons. The Hall–Kier alpha value is -2.74. The number of anilines is 1. The first-order valence-corrected chi connectivity index (χ1v) is 9.33. The Balaban J connectivity index is 1.77. The first-order valence-electron chi connectivity index (χ1n) is 8.45. The summed E-state index contributed by atoms with van der Waals surface area (Å²) < 4.78 is 15.3. The largest absolute Gasteiger partial charge is 0.325 e. The number of hydrogen-bond donors (Lipinski definition) is 1. The lowest BCUT2D eigenvalue weighted by molar-refractivity contribution is -0.115. The van der Waals surface area contributed by atoms with Gasteiger partial charge in [-0.25, -0.2) is 4.39 Å². The summed E-state index contributed by atoms with van der Waals surface area (Å²) >= 11 is 1.24. The van der Waals surface area contributed by atoms with Gasteiger partial charge in [-0.3, -0.25) is 4.79 Å². The van der Waals surface area contributed by atoms with E-state index in [0.29, 0.717) is 16.4 Å². The van der Waals surface area contributed by atoms with E-state index in [1.165, 1.54) is 17.8 Å². The molecule has 8 heteroatoms. The summed E-state index contributed by atoms with van der Waals surface area (Å²) in [7, 11) is 0. The lowest BCUT2D eigenvalue weighted by atomic mass is 10.1. The Morgan fingerprint density at radius 3 is 2.52 bits per heavy atom. The number of benzene rings is 2. The molecule has 1 amide bonds. The number of nitrogens with zero attached hydrogens (tertiary/aromatic N) is 4. The molecular weight excluding hydrogens is 365 g/mol. The third kappa shape index (κ3) is 4.16. The molecule has 140 valence electrons. The lowest BCUT2D eigenvalue weighted by Gasteiger charge is -2.14. The van der Waals surface area contributed by atoms with Crippen LogP contribution in [0.3, 0.4) is 0 Å². The molecule has 1 atom stereocenters. The molecule has 0 fully saturated rings. The van der Waals surface area contributed by atoms with Crippen molar-refractivity contribution < 1.29 is 9.18 Å². The average Bonchev–Trinajstić information content (AvgIpc) is 3.06. The van der Waals surface area contributed by atoms with Gasteiger partial charge in [0.15, 0.2) is 0 Å². The van der Waals surface area contributed by atoms with Crippen molar-refractivity contribution in [3.63, 3.8) is 0 Å². The molecule has 2 aromatic carbocycles. The molecule has 6 nitrogen and oxygen atoms in total. The number of nitrogens with one attached hydrogen (secondary N) is 1. The number of amides is 1. The number of rotatable bonds is 5. The summed E-state index contributed by atoms with van der Waals surface area (Å²) in [6.45, 7) is 7.40. The molecule has 3 rings (SSSR count). The Bertz CT molecular complexity index is 968. The van der Waals surface area contributed by atoms with Gasteiger partial charge in [0.2, 0.25) is 11.1 Å². The van der Waals surface area contributed by atoms with Crippen molar-refractivity contribution in [3.8, 4) is 5.69 Å². The van der Waals surface area contributed by atoms with E-state index in [1.54, 1.807) is 30.7 Å². The first-order chi connectivity index (χ1) is 12.9. The fourth-order valence-corrected chi connectivity index (χ4v) is 3.45. The zero-order valence-electron chi connectivity index (χ0n) is 15.5. The van der Waals surface area contributed by atoms with E-state index in [4.69, 9.17) is 0 Å². The number of para-hydroxylation sites is 1. The topological polar surface area (TPSA) is 72.7 Å². The van der Waals surface area contributed by atoms with Crippen LogP contribution >= 0.6 is 11.8 Å². The normalized spacial score (nSPS) is 12.0. The van der Waals surface area contributed by atoms with Crippen LogP contribution < -0.4 is 5.32 Å². The van der Waals surface area contributed by atoms with E-state index in [2.05, 4.69) is 20.8 Å². The van der Waals surface area contributed by atoms with Crippen molar-refractivity contribution >= 4 is 23.4 Å². The zero-order valence-corrected chi connectivity index (χ0v) is 16.3. The number of carbonyl (C=O) groups excluding carboxylic acids is 1. The van der Waals surface area contributed by atoms with Crippen molar-refractivity contribution in [1.82, 2.24) is 20.2 Å².